The van der Waals surface area contributed by atoms with E-state index in [1.54, 1.807) is 12.1 Å². The lowest BCUT2D eigenvalue weighted by atomic mass is 9.97. The third kappa shape index (κ3) is 3.61. The van der Waals surface area contributed by atoms with E-state index < -0.39 is 0 Å². The average Bonchev–Trinajstić information content (AvgIpc) is 2.75. The van der Waals surface area contributed by atoms with E-state index in [1.807, 2.05) is 0 Å². The smallest absolute Gasteiger partial charge is 0.137 e. The van der Waals surface area contributed by atoms with Crippen molar-refractivity contribution >= 4 is 21.7 Å². The first kappa shape index (κ1) is 12.7. The highest BCUT2D eigenvalue weighted by Gasteiger charge is 2.18. The fourth-order valence-corrected chi connectivity index (χ4v) is 2.49. The predicted octanol–water partition coefficient (Wildman–Crippen LogP) is 2.70. The molecule has 2 nitrogen and oxygen atoms in total. The Labute approximate surface area is 109 Å². The summed E-state index contributed by atoms with van der Waals surface area (Å²) < 4.78 is 14.2. The van der Waals surface area contributed by atoms with Crippen LogP contribution in [0.2, 0.25) is 0 Å². The van der Waals surface area contributed by atoms with Gasteiger partial charge in [-0.2, -0.15) is 0 Å². The molecule has 1 aromatic carbocycles. The van der Waals surface area contributed by atoms with Crippen LogP contribution < -0.4 is 5.32 Å². The van der Waals surface area contributed by atoms with E-state index in [4.69, 9.17) is 0 Å². The molecule has 1 N–H and O–H groups in total. The lowest BCUT2D eigenvalue weighted by Crippen LogP contribution is -2.14. The van der Waals surface area contributed by atoms with Gasteiger partial charge in [0.1, 0.15) is 11.6 Å². The van der Waals surface area contributed by atoms with Crippen molar-refractivity contribution in [1.82, 2.24) is 5.32 Å². The van der Waals surface area contributed by atoms with Gasteiger partial charge in [0.15, 0.2) is 0 Å². The summed E-state index contributed by atoms with van der Waals surface area (Å²) in [6, 6.07) is 4.84. The first-order valence-electron chi connectivity index (χ1n) is 5.81. The molecule has 0 aromatic heterocycles. The predicted molar refractivity (Wildman–Crippen MR) is 68.4 cm³/mol. The number of hydrogen-bond acceptors (Lipinski definition) is 2. The molecule has 1 aromatic rings. The molecule has 1 fully saturated rings. The Balaban J connectivity index is 1.93. The summed E-state index contributed by atoms with van der Waals surface area (Å²) in [4.78, 5) is 11.8. The molecule has 1 unspecified atom stereocenters. The monoisotopic (exact) mass is 299 g/mol. The molecule has 0 bridgehead atoms. The highest BCUT2D eigenvalue weighted by molar-refractivity contribution is 9.10. The summed E-state index contributed by atoms with van der Waals surface area (Å²) >= 11 is 3.20. The molecule has 1 saturated heterocycles. The Kier molecular flexibility index (Phi) is 4.29. The zero-order valence-corrected chi connectivity index (χ0v) is 11.1. The van der Waals surface area contributed by atoms with Crippen LogP contribution in [0.25, 0.3) is 0 Å². The average molecular weight is 300 g/mol. The fraction of sp³-hybridized carbons (Fsp3) is 0.462. The molecule has 2 rings (SSSR count). The van der Waals surface area contributed by atoms with Crippen molar-refractivity contribution in [1.29, 1.82) is 0 Å². The molecule has 0 spiro atoms. The van der Waals surface area contributed by atoms with Crippen LogP contribution in [0.15, 0.2) is 22.7 Å². The molecule has 17 heavy (non-hydrogen) atoms. The van der Waals surface area contributed by atoms with Crippen LogP contribution in [0.3, 0.4) is 0 Å². The molecule has 1 aliphatic rings. The molecule has 0 aliphatic carbocycles. The van der Waals surface area contributed by atoms with E-state index in [1.165, 1.54) is 6.07 Å². The molecule has 0 amide bonds. The van der Waals surface area contributed by atoms with Gasteiger partial charge < -0.3 is 5.32 Å². The van der Waals surface area contributed by atoms with Crippen LogP contribution in [0.1, 0.15) is 18.4 Å². The van der Waals surface area contributed by atoms with E-state index in [0.717, 1.165) is 19.5 Å². The second kappa shape index (κ2) is 5.74. The molecular formula is C13H15BrFNO. The van der Waals surface area contributed by atoms with Crippen LogP contribution >= 0.6 is 15.9 Å². The summed E-state index contributed by atoms with van der Waals surface area (Å²) in [5.41, 5.74) is 0.490. The van der Waals surface area contributed by atoms with Crippen LogP contribution in [0.4, 0.5) is 4.39 Å². The number of carbonyl (C=O) groups is 1. The molecule has 4 heteroatoms. The number of benzene rings is 1. The van der Waals surface area contributed by atoms with E-state index in [9.17, 15) is 9.18 Å². The van der Waals surface area contributed by atoms with Gasteiger partial charge in [0, 0.05) is 17.3 Å². The molecular weight excluding hydrogens is 285 g/mol. The number of nitrogens with one attached hydrogen (secondary N) is 1. The van der Waals surface area contributed by atoms with Gasteiger partial charge >= 0.3 is 0 Å². The first-order valence-corrected chi connectivity index (χ1v) is 6.61. The normalized spacial score (nSPS) is 19.5. The zero-order valence-electron chi connectivity index (χ0n) is 9.51. The molecule has 0 saturated carbocycles. The molecule has 1 heterocycles. The number of hydrogen-bond donors (Lipinski definition) is 1. The maximum absolute atomic E-state index is 13.5. The van der Waals surface area contributed by atoms with E-state index in [2.05, 4.69) is 21.2 Å². The van der Waals surface area contributed by atoms with Gasteiger partial charge in [-0.15, -0.1) is 0 Å². The summed E-state index contributed by atoms with van der Waals surface area (Å²) in [7, 11) is 0. The number of carbonyl (C=O) groups excluding carboxylic acids is 1. The minimum atomic E-state index is -0.308. The van der Waals surface area contributed by atoms with Crippen molar-refractivity contribution in [3.05, 3.63) is 34.1 Å². The van der Waals surface area contributed by atoms with Gasteiger partial charge in [0.05, 0.1) is 0 Å². The number of halogens is 2. The minimum Gasteiger partial charge on any atom is -0.316 e. The molecule has 1 atom stereocenters. The second-order valence-electron chi connectivity index (χ2n) is 4.51. The lowest BCUT2D eigenvalue weighted by molar-refractivity contribution is -0.119. The topological polar surface area (TPSA) is 29.1 Å². The Hall–Kier alpha value is -0.740. The van der Waals surface area contributed by atoms with Crippen LogP contribution in [-0.2, 0) is 11.2 Å². The zero-order chi connectivity index (χ0) is 12.3. The minimum absolute atomic E-state index is 0.125. The maximum Gasteiger partial charge on any atom is 0.137 e. The van der Waals surface area contributed by atoms with Crippen molar-refractivity contribution in [3.63, 3.8) is 0 Å². The van der Waals surface area contributed by atoms with E-state index in [0.29, 0.717) is 22.4 Å². The number of rotatable bonds is 4. The van der Waals surface area contributed by atoms with Crippen molar-refractivity contribution in [3.8, 4) is 0 Å². The number of Topliss-reactive ketones (excluding diaryl/α,β-unsaturated/α-hetero) is 1. The van der Waals surface area contributed by atoms with Gasteiger partial charge in [-0.1, -0.05) is 22.0 Å². The Morgan fingerprint density at radius 1 is 1.53 bits per heavy atom. The van der Waals surface area contributed by atoms with Crippen molar-refractivity contribution in [2.75, 3.05) is 13.1 Å². The lowest BCUT2D eigenvalue weighted by Gasteiger charge is -2.07. The van der Waals surface area contributed by atoms with Crippen LogP contribution in [0.5, 0.6) is 0 Å². The summed E-state index contributed by atoms with van der Waals surface area (Å²) in [5.74, 6) is 0.248. The highest BCUT2D eigenvalue weighted by Crippen LogP contribution is 2.18. The van der Waals surface area contributed by atoms with Crippen molar-refractivity contribution in [2.45, 2.75) is 19.3 Å². The van der Waals surface area contributed by atoms with Gasteiger partial charge in [-0.05, 0) is 43.1 Å². The summed E-state index contributed by atoms with van der Waals surface area (Å²) in [5, 5.41) is 3.23. The van der Waals surface area contributed by atoms with Gasteiger partial charge in [0.2, 0.25) is 0 Å². The van der Waals surface area contributed by atoms with Crippen molar-refractivity contribution < 1.29 is 9.18 Å². The molecule has 0 radical (unpaired) electrons. The van der Waals surface area contributed by atoms with Gasteiger partial charge in [-0.3, -0.25) is 4.79 Å². The third-order valence-corrected chi connectivity index (χ3v) is 3.57. The molecule has 1 aliphatic heterocycles. The second-order valence-corrected chi connectivity index (χ2v) is 5.43. The SMILES string of the molecule is O=C(Cc1ccc(Br)cc1F)CC1CCNC1. The van der Waals surface area contributed by atoms with E-state index >= 15 is 0 Å². The fourth-order valence-electron chi connectivity index (χ4n) is 2.16. The largest absolute Gasteiger partial charge is 0.316 e. The Bertz CT molecular complexity index is 416. The van der Waals surface area contributed by atoms with Crippen LogP contribution in [0, 0.1) is 11.7 Å². The van der Waals surface area contributed by atoms with Gasteiger partial charge in [-0.25, -0.2) is 4.39 Å². The quantitative estimate of drug-likeness (QED) is 0.926. The molecule has 92 valence electrons. The van der Waals surface area contributed by atoms with Gasteiger partial charge in [0.25, 0.3) is 0 Å². The van der Waals surface area contributed by atoms with Crippen LogP contribution in [-0.4, -0.2) is 18.9 Å². The summed E-state index contributed by atoms with van der Waals surface area (Å²) in [6.45, 7) is 1.90. The maximum atomic E-state index is 13.5. The van der Waals surface area contributed by atoms with Crippen molar-refractivity contribution in [2.24, 2.45) is 5.92 Å². The van der Waals surface area contributed by atoms with E-state index in [-0.39, 0.29) is 18.0 Å². The first-order chi connectivity index (χ1) is 8.15. The Morgan fingerprint density at radius 2 is 2.35 bits per heavy atom. The Morgan fingerprint density at radius 3 is 3.00 bits per heavy atom. The standard InChI is InChI=1S/C13H15BrFNO/c14-11-2-1-10(13(15)7-11)6-12(17)5-9-3-4-16-8-9/h1-2,7,9,16H,3-6,8H2. The summed E-state index contributed by atoms with van der Waals surface area (Å²) in [6.07, 6.45) is 1.81. The highest BCUT2D eigenvalue weighted by atomic mass is 79.9. The third-order valence-electron chi connectivity index (χ3n) is 3.08. The number of ketones is 1.